The number of carbonyl (C=O) groups excluding carboxylic acids is 1. The largest absolute Gasteiger partial charge is 0.381 e. The molecule has 2 fully saturated rings. The molecule has 104 valence electrons. The van der Waals surface area contributed by atoms with E-state index in [1.807, 2.05) is 0 Å². The van der Waals surface area contributed by atoms with E-state index in [-0.39, 0.29) is 11.9 Å². The summed E-state index contributed by atoms with van der Waals surface area (Å²) in [4.78, 5) is 12.0. The Morgan fingerprint density at radius 3 is 3.00 bits per heavy atom. The van der Waals surface area contributed by atoms with Gasteiger partial charge in [0.2, 0.25) is 5.91 Å². The van der Waals surface area contributed by atoms with Gasteiger partial charge in [-0.15, -0.1) is 0 Å². The van der Waals surface area contributed by atoms with Crippen LogP contribution in [0.1, 0.15) is 39.0 Å². The van der Waals surface area contributed by atoms with E-state index in [9.17, 15) is 4.79 Å². The van der Waals surface area contributed by atoms with Crippen LogP contribution in [0, 0.1) is 11.8 Å². The SMILES string of the molecule is CCC1CCNC(C(=O)NCCC2CCOC2)C1. The van der Waals surface area contributed by atoms with Gasteiger partial charge in [-0.25, -0.2) is 0 Å². The van der Waals surface area contributed by atoms with Crippen LogP contribution in [0.4, 0.5) is 0 Å². The average Bonchev–Trinajstić information content (AvgIpc) is 2.92. The van der Waals surface area contributed by atoms with Gasteiger partial charge >= 0.3 is 0 Å². The molecular weight excluding hydrogens is 228 g/mol. The van der Waals surface area contributed by atoms with Crippen molar-refractivity contribution in [1.82, 2.24) is 10.6 Å². The van der Waals surface area contributed by atoms with Crippen molar-refractivity contribution in [3.05, 3.63) is 0 Å². The highest BCUT2D eigenvalue weighted by Gasteiger charge is 2.25. The lowest BCUT2D eigenvalue weighted by Crippen LogP contribution is -2.49. The minimum absolute atomic E-state index is 0.0310. The number of nitrogens with one attached hydrogen (secondary N) is 2. The van der Waals surface area contributed by atoms with Gasteiger partial charge in [-0.3, -0.25) is 4.79 Å². The lowest BCUT2D eigenvalue weighted by molar-refractivity contribution is -0.124. The first-order valence-electron chi connectivity index (χ1n) is 7.38. The van der Waals surface area contributed by atoms with Crippen LogP contribution < -0.4 is 10.6 Å². The molecule has 2 aliphatic rings. The van der Waals surface area contributed by atoms with Crippen LogP contribution in [0.25, 0.3) is 0 Å². The lowest BCUT2D eigenvalue weighted by Gasteiger charge is -2.28. The zero-order chi connectivity index (χ0) is 12.8. The van der Waals surface area contributed by atoms with E-state index >= 15 is 0 Å². The standard InChI is InChI=1S/C14H26N2O2/c1-2-11-3-6-15-13(9-11)14(17)16-7-4-12-5-8-18-10-12/h11-13,15H,2-10H2,1H3,(H,16,17). The number of hydrogen-bond acceptors (Lipinski definition) is 3. The summed E-state index contributed by atoms with van der Waals surface area (Å²) >= 11 is 0. The number of amides is 1. The predicted octanol–water partition coefficient (Wildman–Crippen LogP) is 1.31. The molecule has 1 amide bonds. The molecule has 0 aromatic rings. The minimum Gasteiger partial charge on any atom is -0.381 e. The van der Waals surface area contributed by atoms with Gasteiger partial charge in [0.15, 0.2) is 0 Å². The smallest absolute Gasteiger partial charge is 0.237 e. The number of rotatable bonds is 5. The molecule has 0 bridgehead atoms. The zero-order valence-electron chi connectivity index (χ0n) is 11.4. The Kier molecular flexibility index (Phi) is 5.45. The third kappa shape index (κ3) is 3.95. The first-order valence-corrected chi connectivity index (χ1v) is 7.38. The van der Waals surface area contributed by atoms with Crippen molar-refractivity contribution >= 4 is 5.91 Å². The van der Waals surface area contributed by atoms with Crippen LogP contribution in [0.2, 0.25) is 0 Å². The van der Waals surface area contributed by atoms with Gasteiger partial charge in [0.25, 0.3) is 0 Å². The topological polar surface area (TPSA) is 50.4 Å². The maximum atomic E-state index is 12.0. The molecule has 0 aromatic heterocycles. The molecule has 3 unspecified atom stereocenters. The molecule has 18 heavy (non-hydrogen) atoms. The zero-order valence-corrected chi connectivity index (χ0v) is 11.4. The highest BCUT2D eigenvalue weighted by Crippen LogP contribution is 2.19. The molecule has 0 radical (unpaired) electrons. The van der Waals surface area contributed by atoms with Crippen LogP contribution in [-0.4, -0.2) is 38.3 Å². The summed E-state index contributed by atoms with van der Waals surface area (Å²) in [5, 5.41) is 6.39. The summed E-state index contributed by atoms with van der Waals surface area (Å²) in [7, 11) is 0. The van der Waals surface area contributed by atoms with Crippen LogP contribution in [0.5, 0.6) is 0 Å². The average molecular weight is 254 g/mol. The van der Waals surface area contributed by atoms with Gasteiger partial charge in [-0.05, 0) is 44.1 Å². The van der Waals surface area contributed by atoms with E-state index < -0.39 is 0 Å². The van der Waals surface area contributed by atoms with Gasteiger partial charge in [0, 0.05) is 19.8 Å². The van der Waals surface area contributed by atoms with Crippen molar-refractivity contribution < 1.29 is 9.53 Å². The molecule has 0 saturated carbocycles. The Labute approximate surface area is 110 Å². The van der Waals surface area contributed by atoms with E-state index in [0.29, 0.717) is 11.8 Å². The molecule has 2 heterocycles. The highest BCUT2D eigenvalue weighted by atomic mass is 16.5. The lowest BCUT2D eigenvalue weighted by atomic mass is 9.90. The summed E-state index contributed by atoms with van der Waals surface area (Å²) in [5.74, 6) is 1.55. The molecule has 2 aliphatic heterocycles. The predicted molar refractivity (Wildman–Crippen MR) is 71.4 cm³/mol. The fraction of sp³-hybridized carbons (Fsp3) is 0.929. The van der Waals surface area contributed by atoms with E-state index in [2.05, 4.69) is 17.6 Å². The molecule has 4 nitrogen and oxygen atoms in total. The van der Waals surface area contributed by atoms with Crippen molar-refractivity contribution in [3.8, 4) is 0 Å². The van der Waals surface area contributed by atoms with Gasteiger partial charge < -0.3 is 15.4 Å². The molecule has 4 heteroatoms. The fourth-order valence-corrected chi connectivity index (χ4v) is 2.90. The number of piperidine rings is 1. The number of hydrogen-bond donors (Lipinski definition) is 2. The molecule has 2 N–H and O–H groups in total. The second-order valence-electron chi connectivity index (χ2n) is 5.61. The van der Waals surface area contributed by atoms with Crippen LogP contribution >= 0.6 is 0 Å². The van der Waals surface area contributed by atoms with E-state index in [4.69, 9.17) is 4.74 Å². The Morgan fingerprint density at radius 1 is 1.39 bits per heavy atom. The Morgan fingerprint density at radius 2 is 2.28 bits per heavy atom. The van der Waals surface area contributed by atoms with Crippen LogP contribution in [0.3, 0.4) is 0 Å². The normalized spacial score (nSPS) is 32.4. The van der Waals surface area contributed by atoms with Gasteiger partial charge in [-0.1, -0.05) is 13.3 Å². The number of ether oxygens (including phenoxy) is 1. The fourth-order valence-electron chi connectivity index (χ4n) is 2.90. The molecule has 2 saturated heterocycles. The Hall–Kier alpha value is -0.610. The number of carbonyl (C=O) groups is 1. The van der Waals surface area contributed by atoms with E-state index in [1.54, 1.807) is 0 Å². The highest BCUT2D eigenvalue weighted by molar-refractivity contribution is 5.81. The van der Waals surface area contributed by atoms with Crippen molar-refractivity contribution in [2.75, 3.05) is 26.3 Å². The minimum atomic E-state index is 0.0310. The molecular formula is C14H26N2O2. The van der Waals surface area contributed by atoms with E-state index in [0.717, 1.165) is 45.6 Å². The first-order chi connectivity index (χ1) is 8.79. The monoisotopic (exact) mass is 254 g/mol. The summed E-state index contributed by atoms with van der Waals surface area (Å²) in [5.41, 5.74) is 0. The van der Waals surface area contributed by atoms with Gasteiger partial charge in [0.1, 0.15) is 0 Å². The molecule has 0 aromatic carbocycles. The van der Waals surface area contributed by atoms with Crippen LogP contribution in [0.15, 0.2) is 0 Å². The van der Waals surface area contributed by atoms with Crippen molar-refractivity contribution in [3.63, 3.8) is 0 Å². The van der Waals surface area contributed by atoms with Crippen LogP contribution in [-0.2, 0) is 9.53 Å². The second-order valence-corrected chi connectivity index (χ2v) is 5.61. The third-order valence-corrected chi connectivity index (χ3v) is 4.28. The third-order valence-electron chi connectivity index (χ3n) is 4.28. The van der Waals surface area contributed by atoms with Crippen molar-refractivity contribution in [2.45, 2.75) is 45.1 Å². The molecule has 0 aliphatic carbocycles. The molecule has 0 spiro atoms. The maximum Gasteiger partial charge on any atom is 0.237 e. The van der Waals surface area contributed by atoms with E-state index in [1.165, 1.54) is 12.8 Å². The Bertz CT molecular complexity index is 265. The molecule has 2 rings (SSSR count). The second kappa shape index (κ2) is 7.10. The summed E-state index contributed by atoms with van der Waals surface area (Å²) in [6.07, 6.45) is 5.59. The first kappa shape index (κ1) is 13.8. The van der Waals surface area contributed by atoms with Crippen molar-refractivity contribution in [1.29, 1.82) is 0 Å². The summed E-state index contributed by atoms with van der Waals surface area (Å²) in [6.45, 7) is 5.75. The van der Waals surface area contributed by atoms with Gasteiger partial charge in [-0.2, -0.15) is 0 Å². The quantitative estimate of drug-likeness (QED) is 0.777. The summed E-state index contributed by atoms with van der Waals surface area (Å²) < 4.78 is 5.33. The molecule has 3 atom stereocenters. The maximum absolute atomic E-state index is 12.0. The summed E-state index contributed by atoms with van der Waals surface area (Å²) in [6, 6.07) is 0.0310. The van der Waals surface area contributed by atoms with Gasteiger partial charge in [0.05, 0.1) is 6.04 Å². The Balaban J connectivity index is 1.64. The van der Waals surface area contributed by atoms with Crippen molar-refractivity contribution in [2.24, 2.45) is 11.8 Å².